The van der Waals surface area contributed by atoms with E-state index in [0.717, 1.165) is 0 Å². The Morgan fingerprint density at radius 1 is 1.41 bits per heavy atom. The van der Waals surface area contributed by atoms with Gasteiger partial charge < -0.3 is 14.9 Å². The molecule has 1 rings (SSSR count). The zero-order valence-corrected chi connectivity index (χ0v) is 10.3. The minimum atomic E-state index is -1.85. The van der Waals surface area contributed by atoms with Gasteiger partial charge in [0.2, 0.25) is 0 Å². The number of aliphatic carboxylic acids is 1. The van der Waals surface area contributed by atoms with Crippen molar-refractivity contribution < 1.29 is 19.7 Å². The van der Waals surface area contributed by atoms with Gasteiger partial charge in [-0.2, -0.15) is 0 Å². The molecule has 4 nitrogen and oxygen atoms in total. The Labute approximate surface area is 101 Å². The third-order valence-electron chi connectivity index (χ3n) is 3.18. The van der Waals surface area contributed by atoms with Crippen molar-refractivity contribution in [3.05, 3.63) is 29.8 Å². The first-order chi connectivity index (χ1) is 7.96. The lowest BCUT2D eigenvalue weighted by Gasteiger charge is -2.29. The molecule has 0 aliphatic rings. The van der Waals surface area contributed by atoms with E-state index in [2.05, 4.69) is 0 Å². The summed E-state index contributed by atoms with van der Waals surface area (Å²) in [5.74, 6) is -0.962. The highest BCUT2D eigenvalue weighted by Gasteiger charge is 2.42. The highest BCUT2D eigenvalue weighted by atomic mass is 16.5. The summed E-state index contributed by atoms with van der Waals surface area (Å²) in [7, 11) is 1.53. The standard InChI is InChI=1S/C13H18O4/c1-4-9(2)13(16,12(14)15)10-5-7-11(17-3)8-6-10/h5-9,16H,4H2,1-3H3,(H,14,15). The van der Waals surface area contributed by atoms with Gasteiger partial charge in [0, 0.05) is 0 Å². The van der Waals surface area contributed by atoms with E-state index in [9.17, 15) is 15.0 Å². The summed E-state index contributed by atoms with van der Waals surface area (Å²) in [6, 6.07) is 6.45. The van der Waals surface area contributed by atoms with Crippen LogP contribution in [0.25, 0.3) is 0 Å². The molecule has 2 N–H and O–H groups in total. The van der Waals surface area contributed by atoms with Crippen molar-refractivity contribution in [3.8, 4) is 5.75 Å². The van der Waals surface area contributed by atoms with Crippen LogP contribution in [-0.2, 0) is 10.4 Å². The minimum Gasteiger partial charge on any atom is -0.497 e. The Morgan fingerprint density at radius 2 is 1.94 bits per heavy atom. The number of ether oxygens (including phenoxy) is 1. The predicted molar refractivity (Wildman–Crippen MR) is 64.0 cm³/mol. The molecule has 0 saturated heterocycles. The van der Waals surface area contributed by atoms with E-state index in [-0.39, 0.29) is 5.92 Å². The van der Waals surface area contributed by atoms with Gasteiger partial charge in [-0.1, -0.05) is 26.0 Å². The fraction of sp³-hybridized carbons (Fsp3) is 0.462. The molecule has 0 aliphatic heterocycles. The maximum absolute atomic E-state index is 11.3. The van der Waals surface area contributed by atoms with Crippen molar-refractivity contribution in [2.45, 2.75) is 25.9 Å². The van der Waals surface area contributed by atoms with Crippen LogP contribution in [0.2, 0.25) is 0 Å². The van der Waals surface area contributed by atoms with Gasteiger partial charge in [0.25, 0.3) is 0 Å². The van der Waals surface area contributed by atoms with Crippen LogP contribution in [0.15, 0.2) is 24.3 Å². The number of carboxylic acid groups (broad SMARTS) is 1. The van der Waals surface area contributed by atoms with Crippen molar-refractivity contribution in [2.24, 2.45) is 5.92 Å². The van der Waals surface area contributed by atoms with Gasteiger partial charge in [-0.3, -0.25) is 0 Å². The van der Waals surface area contributed by atoms with Crippen molar-refractivity contribution in [1.82, 2.24) is 0 Å². The first kappa shape index (κ1) is 13.5. The number of hydrogen-bond acceptors (Lipinski definition) is 3. The Hall–Kier alpha value is -1.55. The van der Waals surface area contributed by atoms with Crippen LogP contribution in [0.4, 0.5) is 0 Å². The monoisotopic (exact) mass is 238 g/mol. The molecule has 0 amide bonds. The molecule has 1 aromatic rings. The number of benzene rings is 1. The average Bonchev–Trinajstić information content (AvgIpc) is 2.36. The molecule has 0 aromatic heterocycles. The van der Waals surface area contributed by atoms with Crippen LogP contribution in [0, 0.1) is 5.92 Å². The topological polar surface area (TPSA) is 66.8 Å². The minimum absolute atomic E-state index is 0.367. The molecule has 0 bridgehead atoms. The van der Waals surface area contributed by atoms with E-state index in [0.29, 0.717) is 17.7 Å². The quantitative estimate of drug-likeness (QED) is 0.823. The van der Waals surface area contributed by atoms with Gasteiger partial charge in [0.15, 0.2) is 5.60 Å². The van der Waals surface area contributed by atoms with E-state index in [4.69, 9.17) is 4.74 Å². The Balaban J connectivity index is 3.18. The third kappa shape index (κ3) is 2.42. The molecule has 0 fully saturated rings. The maximum atomic E-state index is 11.3. The fourth-order valence-corrected chi connectivity index (χ4v) is 1.76. The summed E-state index contributed by atoms with van der Waals surface area (Å²) >= 11 is 0. The largest absolute Gasteiger partial charge is 0.497 e. The first-order valence-electron chi connectivity index (χ1n) is 5.57. The lowest BCUT2D eigenvalue weighted by molar-refractivity contribution is -0.166. The van der Waals surface area contributed by atoms with Crippen molar-refractivity contribution in [2.75, 3.05) is 7.11 Å². The van der Waals surface area contributed by atoms with Gasteiger partial charge in [-0.25, -0.2) is 4.79 Å². The van der Waals surface area contributed by atoms with Crippen LogP contribution in [-0.4, -0.2) is 23.3 Å². The van der Waals surface area contributed by atoms with E-state index in [1.54, 1.807) is 31.2 Å². The number of carbonyl (C=O) groups is 1. The van der Waals surface area contributed by atoms with Gasteiger partial charge in [0.1, 0.15) is 5.75 Å². The molecule has 0 heterocycles. The zero-order valence-electron chi connectivity index (χ0n) is 10.3. The molecule has 0 aliphatic carbocycles. The van der Waals surface area contributed by atoms with Crippen LogP contribution >= 0.6 is 0 Å². The van der Waals surface area contributed by atoms with Crippen LogP contribution in [0.5, 0.6) is 5.75 Å². The molecule has 4 heteroatoms. The second kappa shape index (κ2) is 5.19. The second-order valence-corrected chi connectivity index (χ2v) is 4.11. The zero-order chi connectivity index (χ0) is 13.1. The maximum Gasteiger partial charge on any atom is 0.340 e. The Morgan fingerprint density at radius 3 is 2.29 bits per heavy atom. The first-order valence-corrected chi connectivity index (χ1v) is 5.57. The van der Waals surface area contributed by atoms with Gasteiger partial charge in [0.05, 0.1) is 7.11 Å². The van der Waals surface area contributed by atoms with Gasteiger partial charge in [-0.05, 0) is 30.0 Å². The van der Waals surface area contributed by atoms with Crippen LogP contribution in [0.3, 0.4) is 0 Å². The lowest BCUT2D eigenvalue weighted by atomic mass is 9.81. The highest BCUT2D eigenvalue weighted by molar-refractivity contribution is 5.79. The lowest BCUT2D eigenvalue weighted by Crippen LogP contribution is -2.41. The molecule has 94 valence electrons. The molecular formula is C13H18O4. The molecule has 1 aromatic carbocycles. The van der Waals surface area contributed by atoms with E-state index in [1.807, 2.05) is 6.92 Å². The number of carboxylic acids is 1. The summed E-state index contributed by atoms with van der Waals surface area (Å²) in [5, 5.41) is 19.6. The number of rotatable bonds is 5. The SMILES string of the molecule is CCC(C)C(O)(C(=O)O)c1ccc(OC)cc1. The number of aliphatic hydroxyl groups is 1. The normalized spacial score (nSPS) is 16.0. The van der Waals surface area contributed by atoms with Gasteiger partial charge in [-0.15, -0.1) is 0 Å². The highest BCUT2D eigenvalue weighted by Crippen LogP contribution is 2.33. The summed E-state index contributed by atoms with van der Waals surface area (Å²) in [4.78, 5) is 11.3. The molecular weight excluding hydrogens is 220 g/mol. The van der Waals surface area contributed by atoms with E-state index >= 15 is 0 Å². The van der Waals surface area contributed by atoms with Crippen LogP contribution < -0.4 is 4.74 Å². The molecule has 0 spiro atoms. The van der Waals surface area contributed by atoms with Gasteiger partial charge >= 0.3 is 5.97 Å². The second-order valence-electron chi connectivity index (χ2n) is 4.11. The van der Waals surface area contributed by atoms with E-state index < -0.39 is 11.6 Å². The average molecular weight is 238 g/mol. The number of hydrogen-bond donors (Lipinski definition) is 2. The summed E-state index contributed by atoms with van der Waals surface area (Å²) in [6.07, 6.45) is 0.578. The molecule has 0 saturated carbocycles. The Kier molecular flexibility index (Phi) is 4.12. The van der Waals surface area contributed by atoms with Crippen molar-refractivity contribution in [1.29, 1.82) is 0 Å². The van der Waals surface area contributed by atoms with Crippen molar-refractivity contribution in [3.63, 3.8) is 0 Å². The van der Waals surface area contributed by atoms with Crippen LogP contribution in [0.1, 0.15) is 25.8 Å². The van der Waals surface area contributed by atoms with E-state index in [1.165, 1.54) is 7.11 Å². The number of methoxy groups -OCH3 is 1. The molecule has 17 heavy (non-hydrogen) atoms. The summed E-state index contributed by atoms with van der Waals surface area (Å²) < 4.78 is 5.00. The fourth-order valence-electron chi connectivity index (χ4n) is 1.76. The summed E-state index contributed by atoms with van der Waals surface area (Å²) in [5.41, 5.74) is -1.47. The summed E-state index contributed by atoms with van der Waals surface area (Å²) in [6.45, 7) is 3.57. The molecule has 2 unspecified atom stereocenters. The molecule has 2 atom stereocenters. The predicted octanol–water partition coefficient (Wildman–Crippen LogP) is 2.01. The smallest absolute Gasteiger partial charge is 0.340 e. The third-order valence-corrected chi connectivity index (χ3v) is 3.18. The Bertz CT molecular complexity index is 385. The van der Waals surface area contributed by atoms with Crippen molar-refractivity contribution >= 4 is 5.97 Å². The molecule has 0 radical (unpaired) electrons.